The van der Waals surface area contributed by atoms with Gasteiger partial charge in [-0.15, -0.1) is 0 Å². The van der Waals surface area contributed by atoms with E-state index in [1.165, 1.54) is 6.07 Å². The third kappa shape index (κ3) is 5.98. The van der Waals surface area contributed by atoms with Gasteiger partial charge in [-0.3, -0.25) is 4.79 Å². The number of ether oxygens (including phenoxy) is 2. The van der Waals surface area contributed by atoms with Gasteiger partial charge in [-0.05, 0) is 51.3 Å². The quantitative estimate of drug-likeness (QED) is 0.763. The number of ketones is 1. The minimum atomic E-state index is -0.598. The number of phenols is 1. The molecule has 2 rings (SSSR count). The fourth-order valence-electron chi connectivity index (χ4n) is 2.75. The number of allylic oxidation sites excluding steroid dienone is 2. The van der Waals surface area contributed by atoms with Gasteiger partial charge in [0.15, 0.2) is 5.78 Å². The summed E-state index contributed by atoms with van der Waals surface area (Å²) in [5.74, 6) is -0.337. The largest absolute Gasteiger partial charge is 0.507 e. The summed E-state index contributed by atoms with van der Waals surface area (Å²) in [5.41, 5.74) is 0.660. The van der Waals surface area contributed by atoms with Crippen LogP contribution >= 0.6 is 0 Å². The van der Waals surface area contributed by atoms with Gasteiger partial charge in [0, 0.05) is 18.4 Å². The number of rotatable bonds is 2. The van der Waals surface area contributed by atoms with Gasteiger partial charge in [-0.1, -0.05) is 25.2 Å². The molecule has 0 amide bonds. The summed E-state index contributed by atoms with van der Waals surface area (Å²) in [5, 5.41) is 10.4. The summed E-state index contributed by atoms with van der Waals surface area (Å²) in [7, 11) is 0. The fourth-order valence-corrected chi connectivity index (χ4v) is 2.75. The van der Waals surface area contributed by atoms with Crippen molar-refractivity contribution in [1.29, 1.82) is 0 Å². The maximum Gasteiger partial charge on any atom is 0.342 e. The summed E-state index contributed by atoms with van der Waals surface area (Å²) < 4.78 is 11.2. The van der Waals surface area contributed by atoms with E-state index in [1.807, 2.05) is 26.8 Å². The maximum absolute atomic E-state index is 12.7. The van der Waals surface area contributed by atoms with E-state index < -0.39 is 12.1 Å². The molecule has 5 heteroatoms. The first kappa shape index (κ1) is 20.7. The second-order valence-electron chi connectivity index (χ2n) is 7.16. The number of hydrogen-bond acceptors (Lipinski definition) is 5. The Kier molecular flexibility index (Phi) is 7.22. The summed E-state index contributed by atoms with van der Waals surface area (Å²) >= 11 is 0. The molecule has 0 radical (unpaired) electrons. The van der Waals surface area contributed by atoms with E-state index in [4.69, 9.17) is 9.47 Å². The van der Waals surface area contributed by atoms with Crippen molar-refractivity contribution in [2.45, 2.75) is 59.2 Å². The molecule has 1 aromatic rings. The van der Waals surface area contributed by atoms with Crippen LogP contribution in [0.4, 0.5) is 0 Å². The molecular weight excluding hydrogens is 344 g/mol. The Morgan fingerprint density at radius 1 is 1.19 bits per heavy atom. The van der Waals surface area contributed by atoms with Gasteiger partial charge in [0.05, 0.1) is 6.10 Å². The molecule has 2 atom stereocenters. The average molecular weight is 372 g/mol. The summed E-state index contributed by atoms with van der Waals surface area (Å²) in [6.45, 7) is 7.43. The molecular formula is C22H28O5. The van der Waals surface area contributed by atoms with Crippen LogP contribution in [0.3, 0.4) is 0 Å². The number of esters is 1. The molecule has 27 heavy (non-hydrogen) atoms. The lowest BCUT2D eigenvalue weighted by Crippen LogP contribution is -2.22. The third-order valence-electron chi connectivity index (χ3n) is 4.41. The highest BCUT2D eigenvalue weighted by atomic mass is 16.5. The molecule has 0 fully saturated rings. The maximum atomic E-state index is 12.7. The van der Waals surface area contributed by atoms with Crippen molar-refractivity contribution >= 4 is 17.8 Å². The first-order chi connectivity index (χ1) is 12.8. The predicted molar refractivity (Wildman–Crippen MR) is 105 cm³/mol. The average Bonchev–Trinajstić information content (AvgIpc) is 2.57. The minimum Gasteiger partial charge on any atom is -0.507 e. The molecule has 0 unspecified atom stereocenters. The van der Waals surface area contributed by atoms with Crippen LogP contribution in [0.1, 0.15) is 62.9 Å². The molecule has 0 bridgehead atoms. The van der Waals surface area contributed by atoms with Crippen LogP contribution in [0, 0.1) is 5.92 Å². The van der Waals surface area contributed by atoms with Crippen LogP contribution in [0.15, 0.2) is 30.4 Å². The molecule has 0 saturated carbocycles. The van der Waals surface area contributed by atoms with Crippen LogP contribution < -0.4 is 4.74 Å². The Morgan fingerprint density at radius 2 is 1.93 bits per heavy atom. The van der Waals surface area contributed by atoms with Crippen molar-refractivity contribution in [3.63, 3.8) is 0 Å². The monoisotopic (exact) mass is 372 g/mol. The van der Waals surface area contributed by atoms with Crippen LogP contribution in [-0.2, 0) is 9.53 Å². The van der Waals surface area contributed by atoms with Gasteiger partial charge >= 0.3 is 5.97 Å². The lowest BCUT2D eigenvalue weighted by atomic mass is 10.0. The molecule has 1 aliphatic rings. The SMILES string of the molecule is CC(C)Oc1cc(O)c2c(c1)/C=C/CCCC(=O)/C=C\[C@@H](C)[C@H](C)OC2=O. The number of hydrogen-bond donors (Lipinski definition) is 1. The molecule has 5 nitrogen and oxygen atoms in total. The minimum absolute atomic E-state index is 0.0597. The van der Waals surface area contributed by atoms with Gasteiger partial charge in [0.25, 0.3) is 0 Å². The summed E-state index contributed by atoms with van der Waals surface area (Å²) in [4.78, 5) is 24.6. The first-order valence-electron chi connectivity index (χ1n) is 9.40. The predicted octanol–water partition coefficient (Wildman–Crippen LogP) is 4.68. The van der Waals surface area contributed by atoms with Crippen LogP contribution in [-0.4, -0.2) is 29.1 Å². The van der Waals surface area contributed by atoms with Crippen LogP contribution in [0.25, 0.3) is 6.08 Å². The zero-order chi connectivity index (χ0) is 20.0. The normalized spacial score (nSPS) is 23.9. The fraction of sp³-hybridized carbons (Fsp3) is 0.455. The third-order valence-corrected chi connectivity index (χ3v) is 4.41. The molecule has 0 aliphatic carbocycles. The number of cyclic esters (lactones) is 1. The van der Waals surface area contributed by atoms with Crippen LogP contribution in [0.2, 0.25) is 0 Å². The van der Waals surface area contributed by atoms with E-state index in [0.717, 1.165) is 6.42 Å². The standard InChI is InChI=1S/C22H28O5/c1-14(2)26-19-12-17-8-6-5-7-9-18(23)11-10-15(3)16(4)27-22(25)21(17)20(24)13-19/h6,8,10-16,24H,5,7,9H2,1-4H3/b8-6+,11-10-/t15-,16+/m1/s1. The van der Waals surface area contributed by atoms with Crippen molar-refractivity contribution in [3.8, 4) is 11.5 Å². The Hall–Kier alpha value is -2.56. The number of carbonyl (C=O) groups is 2. The lowest BCUT2D eigenvalue weighted by Gasteiger charge is -2.19. The van der Waals surface area contributed by atoms with E-state index in [0.29, 0.717) is 24.2 Å². The molecule has 1 aromatic carbocycles. The van der Waals surface area contributed by atoms with E-state index in [9.17, 15) is 14.7 Å². The van der Waals surface area contributed by atoms with Crippen molar-refractivity contribution in [2.24, 2.45) is 5.92 Å². The zero-order valence-electron chi connectivity index (χ0n) is 16.4. The number of benzene rings is 1. The van der Waals surface area contributed by atoms with Gasteiger partial charge in [0.1, 0.15) is 23.2 Å². The van der Waals surface area contributed by atoms with Gasteiger partial charge in [-0.25, -0.2) is 4.79 Å². The van der Waals surface area contributed by atoms with Crippen molar-refractivity contribution < 1.29 is 24.2 Å². The van der Waals surface area contributed by atoms with Gasteiger partial charge in [-0.2, -0.15) is 0 Å². The first-order valence-corrected chi connectivity index (χ1v) is 9.40. The highest BCUT2D eigenvalue weighted by molar-refractivity contribution is 5.97. The molecule has 1 N–H and O–H groups in total. The lowest BCUT2D eigenvalue weighted by molar-refractivity contribution is -0.114. The van der Waals surface area contributed by atoms with Crippen molar-refractivity contribution in [2.75, 3.05) is 0 Å². The highest BCUT2D eigenvalue weighted by Gasteiger charge is 2.23. The molecule has 0 spiro atoms. The molecule has 1 aliphatic heterocycles. The smallest absolute Gasteiger partial charge is 0.342 e. The zero-order valence-corrected chi connectivity index (χ0v) is 16.4. The molecule has 1 heterocycles. The van der Waals surface area contributed by atoms with E-state index in [2.05, 4.69) is 0 Å². The second-order valence-corrected chi connectivity index (χ2v) is 7.16. The number of fused-ring (bicyclic) bond motifs is 1. The Morgan fingerprint density at radius 3 is 2.63 bits per heavy atom. The topological polar surface area (TPSA) is 72.8 Å². The van der Waals surface area contributed by atoms with Crippen molar-refractivity contribution in [1.82, 2.24) is 0 Å². The Balaban J connectivity index is 2.42. The number of carbonyl (C=O) groups excluding carboxylic acids is 2. The van der Waals surface area contributed by atoms with Gasteiger partial charge in [0.2, 0.25) is 0 Å². The molecule has 146 valence electrons. The van der Waals surface area contributed by atoms with Crippen molar-refractivity contribution in [3.05, 3.63) is 41.5 Å². The van der Waals surface area contributed by atoms with Gasteiger partial charge < -0.3 is 14.6 Å². The van der Waals surface area contributed by atoms with Crippen LogP contribution in [0.5, 0.6) is 11.5 Å². The second kappa shape index (κ2) is 9.40. The Labute approximate surface area is 160 Å². The summed E-state index contributed by atoms with van der Waals surface area (Å²) in [6, 6.07) is 3.15. The van der Waals surface area contributed by atoms with E-state index in [-0.39, 0.29) is 29.1 Å². The highest BCUT2D eigenvalue weighted by Crippen LogP contribution is 2.31. The number of phenolic OH excluding ortho intramolecular Hbond substituents is 1. The summed E-state index contributed by atoms with van der Waals surface area (Å²) in [6.07, 6.45) is 8.36. The molecule has 0 saturated heterocycles. The number of aromatic hydroxyl groups is 1. The van der Waals surface area contributed by atoms with E-state index >= 15 is 0 Å². The Bertz CT molecular complexity index is 745. The van der Waals surface area contributed by atoms with E-state index in [1.54, 1.807) is 31.2 Å². The molecule has 0 aromatic heterocycles.